The van der Waals surface area contributed by atoms with Gasteiger partial charge in [-0.25, -0.2) is 18.0 Å². The number of aromatic hydroxyl groups is 1. The Bertz CT molecular complexity index is 1750. The Labute approximate surface area is 204 Å². The van der Waals surface area contributed by atoms with Crippen molar-refractivity contribution in [2.45, 2.75) is 16.3 Å². The SMILES string of the molecule is O=c1oc2c(c(O)c1Sc1ccc(F)cc1F)c(=O)n(Cc1ccc(F)cc1)c1cc(Cl)ccc21. The van der Waals surface area contributed by atoms with Gasteiger partial charge in [-0.2, -0.15) is 0 Å². The monoisotopic (exact) mass is 515 g/mol. The van der Waals surface area contributed by atoms with Crippen molar-refractivity contribution in [3.8, 4) is 5.75 Å². The Morgan fingerprint density at radius 2 is 1.66 bits per heavy atom. The highest BCUT2D eigenvalue weighted by atomic mass is 35.5. The molecule has 176 valence electrons. The summed E-state index contributed by atoms with van der Waals surface area (Å²) in [5.74, 6) is -2.90. The van der Waals surface area contributed by atoms with Crippen LogP contribution in [0, 0.1) is 17.5 Å². The summed E-state index contributed by atoms with van der Waals surface area (Å²) in [4.78, 5) is 25.7. The van der Waals surface area contributed by atoms with Crippen LogP contribution in [-0.2, 0) is 6.54 Å². The maximum Gasteiger partial charge on any atom is 0.354 e. The Morgan fingerprint density at radius 1 is 0.943 bits per heavy atom. The first-order valence-electron chi connectivity index (χ1n) is 10.1. The molecule has 0 saturated heterocycles. The van der Waals surface area contributed by atoms with Crippen molar-refractivity contribution < 1.29 is 22.7 Å². The third-order valence-corrected chi connectivity index (χ3v) is 6.72. The number of hydrogen-bond donors (Lipinski definition) is 1. The lowest BCUT2D eigenvalue weighted by molar-refractivity contribution is 0.446. The molecule has 0 amide bonds. The maximum atomic E-state index is 14.2. The zero-order chi connectivity index (χ0) is 24.9. The number of hydrogen-bond acceptors (Lipinski definition) is 5. The van der Waals surface area contributed by atoms with Crippen LogP contribution >= 0.6 is 23.4 Å². The average molecular weight is 516 g/mol. The molecule has 0 radical (unpaired) electrons. The molecule has 0 spiro atoms. The van der Waals surface area contributed by atoms with Crippen molar-refractivity contribution in [2.75, 3.05) is 0 Å². The van der Waals surface area contributed by atoms with E-state index >= 15 is 0 Å². The van der Waals surface area contributed by atoms with Gasteiger partial charge in [-0.15, -0.1) is 0 Å². The molecule has 5 nitrogen and oxygen atoms in total. The molecule has 5 rings (SSSR count). The van der Waals surface area contributed by atoms with Crippen LogP contribution in [0.25, 0.3) is 21.9 Å². The van der Waals surface area contributed by atoms with E-state index in [4.69, 9.17) is 16.0 Å². The lowest BCUT2D eigenvalue weighted by atomic mass is 10.1. The second-order valence-corrected chi connectivity index (χ2v) is 9.12. The van der Waals surface area contributed by atoms with Gasteiger partial charge in [-0.3, -0.25) is 4.79 Å². The minimum atomic E-state index is -1.00. The Hall–Kier alpha value is -3.69. The number of pyridine rings is 1. The smallest absolute Gasteiger partial charge is 0.354 e. The Morgan fingerprint density at radius 3 is 2.37 bits per heavy atom. The van der Waals surface area contributed by atoms with Gasteiger partial charge in [0.15, 0.2) is 11.3 Å². The first-order chi connectivity index (χ1) is 16.7. The topological polar surface area (TPSA) is 72.4 Å². The van der Waals surface area contributed by atoms with E-state index < -0.39 is 39.3 Å². The largest absolute Gasteiger partial charge is 0.505 e. The van der Waals surface area contributed by atoms with Gasteiger partial charge in [0.25, 0.3) is 5.56 Å². The fourth-order valence-corrected chi connectivity index (χ4v) is 4.75. The van der Waals surface area contributed by atoms with Crippen molar-refractivity contribution in [2.24, 2.45) is 0 Å². The number of halogens is 4. The third-order valence-electron chi connectivity index (χ3n) is 5.37. The van der Waals surface area contributed by atoms with Crippen LogP contribution in [0.5, 0.6) is 5.75 Å². The second-order valence-electron chi connectivity index (χ2n) is 7.63. The fraction of sp³-hybridized carbons (Fsp3) is 0.0400. The molecule has 0 atom stereocenters. The molecular weight excluding hydrogens is 503 g/mol. The van der Waals surface area contributed by atoms with Crippen LogP contribution in [0.4, 0.5) is 13.2 Å². The zero-order valence-electron chi connectivity index (χ0n) is 17.5. The molecule has 10 heteroatoms. The molecule has 2 aromatic heterocycles. The summed E-state index contributed by atoms with van der Waals surface area (Å²) in [6, 6.07) is 12.8. The standard InChI is InChI=1S/C25H13ClF3NO4S/c26-13-3-7-16-18(9-13)30(11-12-1-4-14(27)5-2-12)24(32)20-21(31)23(25(33)34-22(16)20)35-19-8-6-15(28)10-17(19)29/h1-10,31H,11H2. The summed E-state index contributed by atoms with van der Waals surface area (Å²) < 4.78 is 47.6. The van der Waals surface area contributed by atoms with E-state index in [1.165, 1.54) is 47.0 Å². The van der Waals surface area contributed by atoms with Crippen LogP contribution in [0.2, 0.25) is 5.02 Å². The number of rotatable bonds is 4. The van der Waals surface area contributed by atoms with Crippen LogP contribution < -0.4 is 11.2 Å². The van der Waals surface area contributed by atoms with Crippen molar-refractivity contribution in [1.82, 2.24) is 4.57 Å². The molecular formula is C25H13ClF3NO4S. The minimum absolute atomic E-state index is 0.000468. The predicted molar refractivity (Wildman–Crippen MR) is 127 cm³/mol. The molecule has 0 unspecified atom stereocenters. The molecule has 2 heterocycles. The molecule has 0 fully saturated rings. The van der Waals surface area contributed by atoms with E-state index in [9.17, 15) is 27.9 Å². The van der Waals surface area contributed by atoms with Gasteiger partial charge in [0.2, 0.25) is 0 Å². The summed E-state index contributed by atoms with van der Waals surface area (Å²) >= 11 is 6.66. The predicted octanol–water partition coefficient (Wildman–Crippen LogP) is 6.08. The van der Waals surface area contributed by atoms with E-state index in [1.54, 1.807) is 0 Å². The average Bonchev–Trinajstić information content (AvgIpc) is 2.81. The van der Waals surface area contributed by atoms with Gasteiger partial charge in [-0.05, 0) is 48.0 Å². The second kappa shape index (κ2) is 8.83. The lowest BCUT2D eigenvalue weighted by Crippen LogP contribution is -2.23. The van der Waals surface area contributed by atoms with Crippen LogP contribution in [0.1, 0.15) is 5.56 Å². The molecule has 1 N–H and O–H groups in total. The summed E-state index contributed by atoms with van der Waals surface area (Å²) in [5, 5.41) is 11.3. The van der Waals surface area contributed by atoms with E-state index in [-0.39, 0.29) is 22.4 Å². The van der Waals surface area contributed by atoms with Crippen molar-refractivity contribution in [3.05, 3.63) is 109 Å². The zero-order valence-corrected chi connectivity index (χ0v) is 19.1. The van der Waals surface area contributed by atoms with Crippen molar-refractivity contribution in [1.29, 1.82) is 0 Å². The van der Waals surface area contributed by atoms with Crippen LogP contribution in [0.3, 0.4) is 0 Å². The highest BCUT2D eigenvalue weighted by Gasteiger charge is 2.23. The molecule has 0 aliphatic heterocycles. The third kappa shape index (κ3) is 4.17. The lowest BCUT2D eigenvalue weighted by Gasteiger charge is -2.14. The van der Waals surface area contributed by atoms with E-state index in [2.05, 4.69) is 0 Å². The number of aromatic nitrogens is 1. The quantitative estimate of drug-likeness (QED) is 0.293. The summed E-state index contributed by atoms with van der Waals surface area (Å²) in [5.41, 5.74) is -0.957. The first kappa shape index (κ1) is 23.1. The van der Waals surface area contributed by atoms with Crippen molar-refractivity contribution in [3.63, 3.8) is 0 Å². The molecule has 3 aromatic carbocycles. The van der Waals surface area contributed by atoms with E-state index in [0.29, 0.717) is 39.3 Å². The molecule has 0 aliphatic rings. The van der Waals surface area contributed by atoms with Gasteiger partial charge in [0, 0.05) is 21.4 Å². The van der Waals surface area contributed by atoms with Crippen LogP contribution in [-0.4, -0.2) is 9.67 Å². The minimum Gasteiger partial charge on any atom is -0.505 e. The Balaban J connectivity index is 1.78. The summed E-state index contributed by atoms with van der Waals surface area (Å²) in [6.45, 7) is -0.000468. The first-order valence-corrected chi connectivity index (χ1v) is 11.3. The van der Waals surface area contributed by atoms with Gasteiger partial charge in [0.1, 0.15) is 27.7 Å². The fourth-order valence-electron chi connectivity index (χ4n) is 3.75. The molecule has 0 bridgehead atoms. The highest BCUT2D eigenvalue weighted by molar-refractivity contribution is 7.99. The summed E-state index contributed by atoms with van der Waals surface area (Å²) in [7, 11) is 0. The number of benzene rings is 3. The molecule has 0 aliphatic carbocycles. The van der Waals surface area contributed by atoms with E-state index in [1.807, 2.05) is 0 Å². The number of fused-ring (bicyclic) bond motifs is 3. The molecule has 5 aromatic rings. The van der Waals surface area contributed by atoms with E-state index in [0.717, 1.165) is 12.1 Å². The maximum absolute atomic E-state index is 14.2. The summed E-state index contributed by atoms with van der Waals surface area (Å²) in [6.07, 6.45) is 0. The highest BCUT2D eigenvalue weighted by Crippen LogP contribution is 2.38. The Kier molecular flexibility index (Phi) is 5.82. The van der Waals surface area contributed by atoms with Gasteiger partial charge in [-0.1, -0.05) is 35.5 Å². The van der Waals surface area contributed by atoms with Gasteiger partial charge >= 0.3 is 5.63 Å². The van der Waals surface area contributed by atoms with Gasteiger partial charge in [0.05, 0.1) is 12.1 Å². The van der Waals surface area contributed by atoms with Gasteiger partial charge < -0.3 is 14.1 Å². The van der Waals surface area contributed by atoms with Crippen LogP contribution in [0.15, 0.2) is 84.5 Å². The molecule has 0 saturated carbocycles. The normalized spacial score (nSPS) is 11.4. The molecule has 35 heavy (non-hydrogen) atoms. The number of nitrogens with zero attached hydrogens (tertiary/aromatic N) is 1. The van der Waals surface area contributed by atoms with Crippen molar-refractivity contribution >= 4 is 45.2 Å².